The lowest BCUT2D eigenvalue weighted by molar-refractivity contribution is -0.137. The molecule has 0 atom stereocenters. The highest BCUT2D eigenvalue weighted by atomic mass is 16.4. The summed E-state index contributed by atoms with van der Waals surface area (Å²) in [5.74, 6) is -1.44. The molecule has 110 valence electrons. The molecular weight excluding hydrogens is 250 g/mol. The summed E-state index contributed by atoms with van der Waals surface area (Å²) in [5.41, 5.74) is 5.11. The van der Waals surface area contributed by atoms with Gasteiger partial charge in [0.05, 0.1) is 0 Å². The van der Waals surface area contributed by atoms with Crippen molar-refractivity contribution >= 4 is 17.9 Å². The average Bonchev–Trinajstić information content (AvgIpc) is 2.32. The molecule has 0 aromatic carbocycles. The van der Waals surface area contributed by atoms with Gasteiger partial charge in [0.25, 0.3) is 0 Å². The van der Waals surface area contributed by atoms with E-state index in [1.165, 1.54) is 9.80 Å². The molecule has 19 heavy (non-hydrogen) atoms. The molecule has 0 aliphatic heterocycles. The molecule has 7 nitrogen and oxygen atoms in total. The van der Waals surface area contributed by atoms with Gasteiger partial charge in [-0.15, -0.1) is 0 Å². The topological polar surface area (TPSA) is 104 Å². The summed E-state index contributed by atoms with van der Waals surface area (Å²) < 4.78 is 0. The molecule has 0 spiro atoms. The molecule has 0 aliphatic rings. The van der Waals surface area contributed by atoms with Crippen molar-refractivity contribution in [3.05, 3.63) is 0 Å². The molecule has 0 fully saturated rings. The summed E-state index contributed by atoms with van der Waals surface area (Å²) >= 11 is 0. The molecule has 0 rings (SSSR count). The van der Waals surface area contributed by atoms with Gasteiger partial charge in [-0.2, -0.15) is 0 Å². The number of carboxylic acids is 1. The number of carbonyl (C=O) groups is 3. The number of urea groups is 1. The number of unbranched alkanes of at least 4 members (excludes halogenated alkanes) is 1. The van der Waals surface area contributed by atoms with Crippen molar-refractivity contribution in [2.75, 3.05) is 26.7 Å². The van der Waals surface area contributed by atoms with E-state index in [1.54, 1.807) is 7.05 Å². The lowest BCUT2D eigenvalue weighted by atomic mass is 10.3. The minimum Gasteiger partial charge on any atom is -0.481 e. The van der Waals surface area contributed by atoms with Crippen molar-refractivity contribution in [1.29, 1.82) is 0 Å². The van der Waals surface area contributed by atoms with E-state index in [0.717, 1.165) is 12.8 Å². The van der Waals surface area contributed by atoms with Crippen LogP contribution in [-0.2, 0) is 9.59 Å². The average molecular weight is 273 g/mol. The number of aliphatic carboxylic acids is 1. The van der Waals surface area contributed by atoms with E-state index < -0.39 is 11.9 Å². The number of rotatable bonds is 9. The second kappa shape index (κ2) is 9.18. The SMILES string of the molecule is CCCCN(CC(N)=O)C(=O)N(C)CCCC(=O)O. The van der Waals surface area contributed by atoms with Crippen molar-refractivity contribution in [3.8, 4) is 0 Å². The Morgan fingerprint density at radius 2 is 1.79 bits per heavy atom. The minimum atomic E-state index is -0.888. The first-order chi connectivity index (χ1) is 8.88. The molecule has 0 unspecified atom stereocenters. The molecule has 3 N–H and O–H groups in total. The summed E-state index contributed by atoms with van der Waals surface area (Å²) in [6.07, 6.45) is 2.10. The fourth-order valence-corrected chi connectivity index (χ4v) is 1.58. The van der Waals surface area contributed by atoms with Gasteiger partial charge in [-0.05, 0) is 12.8 Å². The second-order valence-electron chi connectivity index (χ2n) is 4.44. The van der Waals surface area contributed by atoms with Gasteiger partial charge in [0.2, 0.25) is 5.91 Å². The van der Waals surface area contributed by atoms with Crippen molar-refractivity contribution < 1.29 is 19.5 Å². The minimum absolute atomic E-state index is 0.0163. The van der Waals surface area contributed by atoms with Crippen LogP contribution in [0, 0.1) is 0 Å². The van der Waals surface area contributed by atoms with E-state index in [9.17, 15) is 14.4 Å². The van der Waals surface area contributed by atoms with Crippen LogP contribution in [0.4, 0.5) is 4.79 Å². The molecule has 0 aromatic rings. The van der Waals surface area contributed by atoms with Crippen LogP contribution in [0.1, 0.15) is 32.6 Å². The Morgan fingerprint density at radius 1 is 1.16 bits per heavy atom. The zero-order valence-electron chi connectivity index (χ0n) is 11.6. The molecular formula is C12H23N3O4. The summed E-state index contributed by atoms with van der Waals surface area (Å²) in [4.78, 5) is 36.2. The van der Waals surface area contributed by atoms with Gasteiger partial charge < -0.3 is 20.6 Å². The predicted octanol–water partition coefficient (Wildman–Crippen LogP) is 0.490. The molecule has 3 amide bonds. The van der Waals surface area contributed by atoms with Crippen molar-refractivity contribution in [3.63, 3.8) is 0 Å². The van der Waals surface area contributed by atoms with Gasteiger partial charge >= 0.3 is 12.0 Å². The summed E-state index contributed by atoms with van der Waals surface area (Å²) in [6.45, 7) is 2.69. The van der Waals surface area contributed by atoms with Crippen LogP contribution < -0.4 is 5.73 Å². The molecule has 0 aromatic heterocycles. The van der Waals surface area contributed by atoms with Gasteiger partial charge in [0.15, 0.2) is 0 Å². The first-order valence-electron chi connectivity index (χ1n) is 6.38. The highest BCUT2D eigenvalue weighted by Crippen LogP contribution is 2.02. The zero-order valence-corrected chi connectivity index (χ0v) is 11.6. The summed E-state index contributed by atoms with van der Waals surface area (Å²) in [5, 5.41) is 8.53. The number of carboxylic acid groups (broad SMARTS) is 1. The highest BCUT2D eigenvalue weighted by Gasteiger charge is 2.19. The molecule has 0 aliphatic carbocycles. The first-order valence-corrected chi connectivity index (χ1v) is 6.38. The Labute approximate surface area is 113 Å². The summed E-state index contributed by atoms with van der Waals surface area (Å²) in [7, 11) is 1.59. The Bertz CT molecular complexity index is 320. The van der Waals surface area contributed by atoms with E-state index >= 15 is 0 Å². The third-order valence-corrected chi connectivity index (χ3v) is 2.61. The van der Waals surface area contributed by atoms with E-state index in [1.807, 2.05) is 6.92 Å². The van der Waals surface area contributed by atoms with Crippen LogP contribution >= 0.6 is 0 Å². The third-order valence-electron chi connectivity index (χ3n) is 2.61. The standard InChI is InChI=1S/C12H23N3O4/c1-3-4-8-15(9-10(13)16)12(19)14(2)7-5-6-11(17)18/h3-9H2,1-2H3,(H2,13,16)(H,17,18). The second-order valence-corrected chi connectivity index (χ2v) is 4.44. The van der Waals surface area contributed by atoms with Gasteiger partial charge in [-0.3, -0.25) is 9.59 Å². The lowest BCUT2D eigenvalue weighted by Crippen LogP contribution is -2.45. The molecule has 7 heteroatoms. The van der Waals surface area contributed by atoms with E-state index in [2.05, 4.69) is 0 Å². The Balaban J connectivity index is 4.33. The molecule has 0 bridgehead atoms. The van der Waals surface area contributed by atoms with Crippen LogP contribution in [0.3, 0.4) is 0 Å². The maximum absolute atomic E-state index is 12.1. The maximum atomic E-state index is 12.1. The molecule has 0 saturated carbocycles. The third kappa shape index (κ3) is 8.01. The first kappa shape index (κ1) is 17.2. The number of nitrogens with zero attached hydrogens (tertiary/aromatic N) is 2. The van der Waals surface area contributed by atoms with Crippen LogP contribution in [0.5, 0.6) is 0 Å². The van der Waals surface area contributed by atoms with Gasteiger partial charge in [-0.1, -0.05) is 13.3 Å². The predicted molar refractivity (Wildman–Crippen MR) is 70.6 cm³/mol. The Hall–Kier alpha value is -1.79. The largest absolute Gasteiger partial charge is 0.481 e. The van der Waals surface area contributed by atoms with Crippen LogP contribution in [-0.4, -0.2) is 59.5 Å². The Morgan fingerprint density at radius 3 is 2.26 bits per heavy atom. The van der Waals surface area contributed by atoms with Crippen LogP contribution in [0.15, 0.2) is 0 Å². The van der Waals surface area contributed by atoms with Crippen LogP contribution in [0.25, 0.3) is 0 Å². The van der Waals surface area contributed by atoms with E-state index in [4.69, 9.17) is 10.8 Å². The van der Waals surface area contributed by atoms with Crippen molar-refractivity contribution in [2.24, 2.45) is 5.73 Å². The smallest absolute Gasteiger partial charge is 0.320 e. The number of hydrogen-bond donors (Lipinski definition) is 2. The number of nitrogens with two attached hydrogens (primary N) is 1. The number of hydrogen-bond acceptors (Lipinski definition) is 3. The molecule has 0 radical (unpaired) electrons. The molecule has 0 heterocycles. The van der Waals surface area contributed by atoms with E-state index in [0.29, 0.717) is 19.5 Å². The van der Waals surface area contributed by atoms with Gasteiger partial charge in [-0.25, -0.2) is 4.79 Å². The van der Waals surface area contributed by atoms with Gasteiger partial charge in [0.1, 0.15) is 6.54 Å². The summed E-state index contributed by atoms with van der Waals surface area (Å²) in [6, 6.07) is -0.294. The van der Waals surface area contributed by atoms with Crippen LogP contribution in [0.2, 0.25) is 0 Å². The van der Waals surface area contributed by atoms with Gasteiger partial charge in [0, 0.05) is 26.6 Å². The normalized spacial score (nSPS) is 10.0. The number of amides is 3. The quantitative estimate of drug-likeness (QED) is 0.638. The zero-order chi connectivity index (χ0) is 14.8. The fourth-order valence-electron chi connectivity index (χ4n) is 1.58. The van der Waals surface area contributed by atoms with Crippen molar-refractivity contribution in [1.82, 2.24) is 9.80 Å². The maximum Gasteiger partial charge on any atom is 0.320 e. The molecule has 0 saturated heterocycles. The Kier molecular flexibility index (Phi) is 8.32. The number of primary amides is 1. The van der Waals surface area contributed by atoms with E-state index in [-0.39, 0.29) is 19.0 Å². The lowest BCUT2D eigenvalue weighted by Gasteiger charge is -2.27. The number of carbonyl (C=O) groups excluding carboxylic acids is 2. The highest BCUT2D eigenvalue weighted by molar-refractivity contribution is 5.82. The van der Waals surface area contributed by atoms with Crippen molar-refractivity contribution in [2.45, 2.75) is 32.6 Å². The fraction of sp³-hybridized carbons (Fsp3) is 0.750. The monoisotopic (exact) mass is 273 g/mol.